The number of amides is 3. The summed E-state index contributed by atoms with van der Waals surface area (Å²) in [6.07, 6.45) is 0. The average molecular weight is 401 g/mol. The topological polar surface area (TPSA) is 87.3 Å². The van der Waals surface area contributed by atoms with Crippen molar-refractivity contribution in [2.45, 2.75) is 19.8 Å². The molecule has 6 heteroatoms. The number of rotatable bonds is 5. The van der Waals surface area contributed by atoms with Gasteiger partial charge in [0.1, 0.15) is 0 Å². The molecule has 0 unspecified atom stereocenters. The Labute approximate surface area is 175 Å². The highest BCUT2D eigenvalue weighted by atomic mass is 16.2. The van der Waals surface area contributed by atoms with Crippen LogP contribution < -0.4 is 16.2 Å². The first-order valence-electron chi connectivity index (χ1n) is 9.61. The van der Waals surface area contributed by atoms with Crippen LogP contribution in [0.1, 0.15) is 56.4 Å². The first-order chi connectivity index (χ1) is 14.4. The Balaban J connectivity index is 1.54. The summed E-state index contributed by atoms with van der Waals surface area (Å²) in [7, 11) is 0. The summed E-state index contributed by atoms with van der Waals surface area (Å²) >= 11 is 0. The minimum absolute atomic E-state index is 0.233. The van der Waals surface area contributed by atoms with E-state index < -0.39 is 11.8 Å². The third-order valence-corrected chi connectivity index (χ3v) is 4.57. The summed E-state index contributed by atoms with van der Waals surface area (Å²) in [5, 5.41) is 2.77. The number of carbonyl (C=O) groups is 3. The number of nitrogens with one attached hydrogen (secondary N) is 3. The highest BCUT2D eigenvalue weighted by Crippen LogP contribution is 2.15. The second kappa shape index (κ2) is 9.52. The van der Waals surface area contributed by atoms with Crippen molar-refractivity contribution in [1.82, 2.24) is 10.9 Å². The number of hydrogen-bond donors (Lipinski definition) is 3. The van der Waals surface area contributed by atoms with Gasteiger partial charge in [0.05, 0.1) is 0 Å². The van der Waals surface area contributed by atoms with Gasteiger partial charge >= 0.3 is 0 Å². The molecule has 3 aromatic rings. The lowest BCUT2D eigenvalue weighted by atomic mass is 10.0. The molecule has 0 bridgehead atoms. The standard InChI is InChI=1S/C24H23N3O3/c1-16(2)17-8-10-19(11-9-17)23(29)26-27-24(30)20-12-14-21(15-13-20)25-22(28)18-6-4-3-5-7-18/h3-16H,1-2H3,(H,25,28)(H,26,29)(H,27,30). The fourth-order valence-electron chi connectivity index (χ4n) is 2.77. The Hall–Kier alpha value is -3.93. The largest absolute Gasteiger partial charge is 0.322 e. The van der Waals surface area contributed by atoms with E-state index in [0.29, 0.717) is 28.3 Å². The number of anilines is 1. The fourth-order valence-corrected chi connectivity index (χ4v) is 2.77. The normalized spacial score (nSPS) is 10.4. The van der Waals surface area contributed by atoms with E-state index in [1.807, 2.05) is 18.2 Å². The molecular formula is C24H23N3O3. The number of hydrogen-bond acceptors (Lipinski definition) is 3. The molecule has 3 N–H and O–H groups in total. The van der Waals surface area contributed by atoms with E-state index in [1.54, 1.807) is 60.7 Å². The molecule has 0 fully saturated rings. The van der Waals surface area contributed by atoms with E-state index in [9.17, 15) is 14.4 Å². The molecule has 0 aromatic heterocycles. The van der Waals surface area contributed by atoms with Crippen molar-refractivity contribution in [3.05, 3.63) is 101 Å². The molecule has 6 nitrogen and oxygen atoms in total. The SMILES string of the molecule is CC(C)c1ccc(C(=O)NNC(=O)c2ccc(NC(=O)c3ccccc3)cc2)cc1. The van der Waals surface area contributed by atoms with Crippen LogP contribution in [0.25, 0.3) is 0 Å². The first kappa shape index (κ1) is 20.8. The molecule has 0 aliphatic heterocycles. The quantitative estimate of drug-likeness (QED) is 0.562. The lowest BCUT2D eigenvalue weighted by Gasteiger charge is -2.10. The summed E-state index contributed by atoms with van der Waals surface area (Å²) in [4.78, 5) is 36.6. The van der Waals surface area contributed by atoms with E-state index >= 15 is 0 Å². The molecule has 30 heavy (non-hydrogen) atoms. The number of carbonyl (C=O) groups excluding carboxylic acids is 3. The summed E-state index contributed by atoms with van der Waals surface area (Å²) in [5.41, 5.74) is 7.85. The van der Waals surface area contributed by atoms with Gasteiger partial charge in [0.25, 0.3) is 17.7 Å². The van der Waals surface area contributed by atoms with Gasteiger partial charge in [0.15, 0.2) is 0 Å². The lowest BCUT2D eigenvalue weighted by Crippen LogP contribution is -2.41. The summed E-state index contributed by atoms with van der Waals surface area (Å²) in [5.74, 6) is -0.709. The molecule has 3 aromatic carbocycles. The van der Waals surface area contributed by atoms with Gasteiger partial charge in [0.2, 0.25) is 0 Å². The summed E-state index contributed by atoms with van der Waals surface area (Å²) in [6, 6.07) is 22.5. The molecule has 3 amide bonds. The minimum Gasteiger partial charge on any atom is -0.322 e. The Morgan fingerprint density at radius 2 is 1.07 bits per heavy atom. The van der Waals surface area contributed by atoms with Crippen LogP contribution in [0.2, 0.25) is 0 Å². The van der Waals surface area contributed by atoms with Crippen molar-refractivity contribution in [1.29, 1.82) is 0 Å². The van der Waals surface area contributed by atoms with E-state index in [1.165, 1.54) is 0 Å². The van der Waals surface area contributed by atoms with Crippen molar-refractivity contribution in [2.75, 3.05) is 5.32 Å². The zero-order valence-corrected chi connectivity index (χ0v) is 16.8. The molecule has 0 aliphatic rings. The van der Waals surface area contributed by atoms with Gasteiger partial charge in [-0.15, -0.1) is 0 Å². The van der Waals surface area contributed by atoms with Gasteiger partial charge in [-0.3, -0.25) is 25.2 Å². The maximum absolute atomic E-state index is 12.3. The summed E-state index contributed by atoms with van der Waals surface area (Å²) < 4.78 is 0. The van der Waals surface area contributed by atoms with Gasteiger partial charge < -0.3 is 5.32 Å². The smallest absolute Gasteiger partial charge is 0.269 e. The van der Waals surface area contributed by atoms with E-state index in [0.717, 1.165) is 5.56 Å². The van der Waals surface area contributed by atoms with E-state index in [2.05, 4.69) is 30.0 Å². The molecule has 0 atom stereocenters. The molecule has 0 aliphatic carbocycles. The van der Waals surface area contributed by atoms with Crippen LogP contribution in [0.5, 0.6) is 0 Å². The predicted octanol–water partition coefficient (Wildman–Crippen LogP) is 4.14. The first-order valence-corrected chi connectivity index (χ1v) is 9.61. The Morgan fingerprint density at radius 3 is 1.57 bits per heavy atom. The highest BCUT2D eigenvalue weighted by molar-refractivity contribution is 6.04. The van der Waals surface area contributed by atoms with Crippen LogP contribution in [0.4, 0.5) is 5.69 Å². The van der Waals surface area contributed by atoms with Crippen molar-refractivity contribution < 1.29 is 14.4 Å². The molecule has 0 saturated heterocycles. The minimum atomic E-state index is -0.455. The molecular weight excluding hydrogens is 378 g/mol. The van der Waals surface area contributed by atoms with Crippen LogP contribution in [-0.4, -0.2) is 17.7 Å². The van der Waals surface area contributed by atoms with Gasteiger partial charge in [-0.2, -0.15) is 0 Å². The van der Waals surface area contributed by atoms with Crippen LogP contribution in [-0.2, 0) is 0 Å². The maximum Gasteiger partial charge on any atom is 0.269 e. The van der Waals surface area contributed by atoms with Crippen LogP contribution in [0, 0.1) is 0 Å². The van der Waals surface area contributed by atoms with E-state index in [4.69, 9.17) is 0 Å². The maximum atomic E-state index is 12.3. The second-order valence-corrected chi connectivity index (χ2v) is 7.08. The molecule has 152 valence electrons. The predicted molar refractivity (Wildman–Crippen MR) is 116 cm³/mol. The van der Waals surface area contributed by atoms with Crippen LogP contribution >= 0.6 is 0 Å². The fraction of sp³-hybridized carbons (Fsp3) is 0.125. The van der Waals surface area contributed by atoms with Gasteiger partial charge in [-0.25, -0.2) is 0 Å². The molecule has 0 heterocycles. The average Bonchev–Trinajstić information content (AvgIpc) is 2.78. The van der Waals surface area contributed by atoms with Crippen molar-refractivity contribution in [3.8, 4) is 0 Å². The molecule has 0 saturated carbocycles. The Morgan fingerprint density at radius 1 is 0.600 bits per heavy atom. The zero-order valence-electron chi connectivity index (χ0n) is 16.8. The third-order valence-electron chi connectivity index (χ3n) is 4.57. The van der Waals surface area contributed by atoms with Gasteiger partial charge in [0, 0.05) is 22.4 Å². The number of benzene rings is 3. The third kappa shape index (κ3) is 5.32. The van der Waals surface area contributed by atoms with Crippen LogP contribution in [0.3, 0.4) is 0 Å². The van der Waals surface area contributed by atoms with Crippen LogP contribution in [0.15, 0.2) is 78.9 Å². The van der Waals surface area contributed by atoms with Gasteiger partial charge in [-0.05, 0) is 60.0 Å². The second-order valence-electron chi connectivity index (χ2n) is 7.08. The van der Waals surface area contributed by atoms with E-state index in [-0.39, 0.29) is 5.91 Å². The highest BCUT2D eigenvalue weighted by Gasteiger charge is 2.11. The Kier molecular flexibility index (Phi) is 6.60. The van der Waals surface area contributed by atoms with Crippen molar-refractivity contribution in [3.63, 3.8) is 0 Å². The van der Waals surface area contributed by atoms with Gasteiger partial charge in [-0.1, -0.05) is 44.2 Å². The molecule has 3 rings (SSSR count). The molecule has 0 spiro atoms. The zero-order chi connectivity index (χ0) is 21.5. The van der Waals surface area contributed by atoms with Crippen molar-refractivity contribution in [2.24, 2.45) is 0 Å². The summed E-state index contributed by atoms with van der Waals surface area (Å²) in [6.45, 7) is 4.15. The molecule has 0 radical (unpaired) electrons. The Bertz CT molecular complexity index is 1030. The van der Waals surface area contributed by atoms with Crippen molar-refractivity contribution >= 4 is 23.4 Å². The monoisotopic (exact) mass is 401 g/mol. The number of hydrazine groups is 1. The lowest BCUT2D eigenvalue weighted by molar-refractivity contribution is 0.0846.